The van der Waals surface area contributed by atoms with Crippen LogP contribution in [-0.2, 0) is 17.3 Å². The number of aromatic nitrogens is 4. The van der Waals surface area contributed by atoms with Crippen LogP contribution in [0.3, 0.4) is 0 Å². The average Bonchev–Trinajstić information content (AvgIpc) is 2.72. The Morgan fingerprint density at radius 1 is 1.61 bits per heavy atom. The van der Waals surface area contributed by atoms with Crippen molar-refractivity contribution in [2.24, 2.45) is 0 Å². The van der Waals surface area contributed by atoms with Crippen molar-refractivity contribution in [1.82, 2.24) is 19.7 Å². The first-order valence-corrected chi connectivity index (χ1v) is 7.50. The highest BCUT2D eigenvalue weighted by Gasteiger charge is 2.13. The molecular formula is C11H14N4OS2. The molecule has 18 heavy (non-hydrogen) atoms. The van der Waals surface area contributed by atoms with Crippen molar-refractivity contribution in [3.8, 4) is 11.4 Å². The molecule has 0 bridgehead atoms. The molecular weight excluding hydrogens is 268 g/mol. The van der Waals surface area contributed by atoms with Gasteiger partial charge in [-0.1, -0.05) is 0 Å². The van der Waals surface area contributed by atoms with Gasteiger partial charge in [-0.05, 0) is 31.3 Å². The topological polar surface area (TPSA) is 63.6 Å². The normalized spacial score (nSPS) is 14.3. The van der Waals surface area contributed by atoms with Crippen molar-refractivity contribution in [1.29, 1.82) is 0 Å². The molecule has 2 unspecified atom stereocenters. The summed E-state index contributed by atoms with van der Waals surface area (Å²) in [5.74, 6) is 0.727. The minimum atomic E-state index is -0.892. The molecule has 0 spiro atoms. The standard InChI is InChI=1S/C11H14N4OS2/c1-8(18(2)16)7-15-10(13-14-11(15)17)9-4-3-5-12-6-9/h3-6,8H,7H2,1-2H3,(H,14,17). The van der Waals surface area contributed by atoms with Gasteiger partial charge in [-0.25, -0.2) is 0 Å². The molecule has 2 atom stereocenters. The third-order valence-electron chi connectivity index (χ3n) is 2.68. The van der Waals surface area contributed by atoms with Crippen molar-refractivity contribution in [3.05, 3.63) is 29.3 Å². The lowest BCUT2D eigenvalue weighted by Gasteiger charge is -2.11. The molecule has 0 radical (unpaired) electrons. The Morgan fingerprint density at radius 2 is 2.39 bits per heavy atom. The highest BCUT2D eigenvalue weighted by atomic mass is 32.2. The van der Waals surface area contributed by atoms with Gasteiger partial charge in [-0.3, -0.25) is 18.9 Å². The van der Waals surface area contributed by atoms with E-state index in [-0.39, 0.29) is 5.25 Å². The molecule has 0 amide bonds. The third kappa shape index (κ3) is 2.73. The maximum Gasteiger partial charge on any atom is 0.195 e. The molecule has 2 heterocycles. The van der Waals surface area contributed by atoms with E-state index in [9.17, 15) is 4.21 Å². The van der Waals surface area contributed by atoms with Crippen molar-refractivity contribution in [2.45, 2.75) is 18.7 Å². The third-order valence-corrected chi connectivity index (χ3v) is 4.28. The SMILES string of the molecule is CC(Cn1c(-c2cccnc2)n[nH]c1=S)S(C)=O. The summed E-state index contributed by atoms with van der Waals surface area (Å²) in [5.41, 5.74) is 0.888. The van der Waals surface area contributed by atoms with Gasteiger partial charge in [0, 0.05) is 46.8 Å². The lowest BCUT2D eigenvalue weighted by molar-refractivity contribution is 0.641. The predicted molar refractivity (Wildman–Crippen MR) is 74.2 cm³/mol. The Bertz CT molecular complexity index is 605. The van der Waals surface area contributed by atoms with Gasteiger partial charge >= 0.3 is 0 Å². The van der Waals surface area contributed by atoms with E-state index in [0.717, 1.165) is 11.4 Å². The zero-order chi connectivity index (χ0) is 13.1. The van der Waals surface area contributed by atoms with Crippen molar-refractivity contribution >= 4 is 23.0 Å². The molecule has 2 aromatic rings. The Labute approximate surface area is 113 Å². The van der Waals surface area contributed by atoms with E-state index in [1.54, 1.807) is 18.6 Å². The van der Waals surface area contributed by atoms with Crippen LogP contribution in [0.1, 0.15) is 6.92 Å². The van der Waals surface area contributed by atoms with Gasteiger partial charge in [0.1, 0.15) is 0 Å². The molecule has 96 valence electrons. The van der Waals surface area contributed by atoms with E-state index in [1.165, 1.54) is 0 Å². The maximum atomic E-state index is 11.4. The smallest absolute Gasteiger partial charge is 0.195 e. The lowest BCUT2D eigenvalue weighted by Crippen LogP contribution is -2.18. The molecule has 0 aliphatic heterocycles. The Kier molecular flexibility index (Phi) is 4.03. The van der Waals surface area contributed by atoms with E-state index < -0.39 is 10.8 Å². The number of pyridine rings is 1. The number of aromatic amines is 1. The number of nitrogens with zero attached hydrogens (tertiary/aromatic N) is 3. The van der Waals surface area contributed by atoms with Gasteiger partial charge in [0.15, 0.2) is 10.6 Å². The Morgan fingerprint density at radius 3 is 3.00 bits per heavy atom. The molecule has 1 N–H and O–H groups in total. The van der Waals surface area contributed by atoms with E-state index >= 15 is 0 Å². The molecule has 0 aliphatic rings. The summed E-state index contributed by atoms with van der Waals surface area (Å²) >= 11 is 5.20. The lowest BCUT2D eigenvalue weighted by atomic mass is 10.2. The van der Waals surface area contributed by atoms with Crippen LogP contribution in [0.4, 0.5) is 0 Å². The molecule has 0 aliphatic carbocycles. The number of nitrogens with one attached hydrogen (secondary N) is 1. The number of hydrogen-bond donors (Lipinski definition) is 1. The second-order valence-electron chi connectivity index (χ2n) is 4.01. The highest BCUT2D eigenvalue weighted by molar-refractivity contribution is 7.84. The zero-order valence-electron chi connectivity index (χ0n) is 10.2. The van der Waals surface area contributed by atoms with Gasteiger partial charge in [-0.2, -0.15) is 5.10 Å². The van der Waals surface area contributed by atoms with Gasteiger partial charge < -0.3 is 0 Å². The van der Waals surface area contributed by atoms with Crippen LogP contribution in [0.25, 0.3) is 11.4 Å². The van der Waals surface area contributed by atoms with E-state index in [2.05, 4.69) is 15.2 Å². The highest BCUT2D eigenvalue weighted by Crippen LogP contribution is 2.16. The summed E-state index contributed by atoms with van der Waals surface area (Å²) in [7, 11) is -0.892. The summed E-state index contributed by atoms with van der Waals surface area (Å²) in [6, 6.07) is 3.76. The number of hydrogen-bond acceptors (Lipinski definition) is 4. The summed E-state index contributed by atoms with van der Waals surface area (Å²) < 4.78 is 13.8. The predicted octanol–water partition coefficient (Wildman–Crippen LogP) is 1.77. The fraction of sp³-hybridized carbons (Fsp3) is 0.364. The number of H-pyrrole nitrogens is 1. The second kappa shape index (κ2) is 5.53. The van der Waals surface area contributed by atoms with Crippen LogP contribution in [0, 0.1) is 4.77 Å². The fourth-order valence-corrected chi connectivity index (χ4v) is 2.13. The molecule has 0 fully saturated rings. The molecule has 7 heteroatoms. The first kappa shape index (κ1) is 13.1. The summed E-state index contributed by atoms with van der Waals surface area (Å²) in [4.78, 5) is 4.06. The monoisotopic (exact) mass is 282 g/mol. The molecule has 2 aromatic heterocycles. The number of rotatable bonds is 4. The summed E-state index contributed by atoms with van der Waals surface area (Å²) in [6.45, 7) is 2.50. The molecule has 2 rings (SSSR count). The molecule has 5 nitrogen and oxygen atoms in total. The fourth-order valence-electron chi connectivity index (χ4n) is 1.56. The minimum Gasteiger partial charge on any atom is -0.299 e. The summed E-state index contributed by atoms with van der Waals surface area (Å²) in [5, 5.41) is 6.99. The molecule has 0 saturated carbocycles. The van der Waals surface area contributed by atoms with Crippen molar-refractivity contribution in [2.75, 3.05) is 6.26 Å². The van der Waals surface area contributed by atoms with Crippen LogP contribution in [0.2, 0.25) is 0 Å². The van der Waals surface area contributed by atoms with Gasteiger partial charge in [0.2, 0.25) is 0 Å². The Hall–Kier alpha value is -1.34. The van der Waals surface area contributed by atoms with Crippen LogP contribution in [0.5, 0.6) is 0 Å². The average molecular weight is 282 g/mol. The van der Waals surface area contributed by atoms with Gasteiger partial charge in [-0.15, -0.1) is 0 Å². The molecule has 0 aromatic carbocycles. The quantitative estimate of drug-likeness (QED) is 0.868. The first-order valence-electron chi connectivity index (χ1n) is 5.47. The van der Waals surface area contributed by atoms with Crippen molar-refractivity contribution in [3.63, 3.8) is 0 Å². The van der Waals surface area contributed by atoms with Crippen LogP contribution in [0.15, 0.2) is 24.5 Å². The maximum absolute atomic E-state index is 11.4. The van der Waals surface area contributed by atoms with Crippen LogP contribution < -0.4 is 0 Å². The first-order chi connectivity index (χ1) is 8.59. The molecule has 0 saturated heterocycles. The van der Waals surface area contributed by atoms with Gasteiger partial charge in [0.05, 0.1) is 0 Å². The summed E-state index contributed by atoms with van der Waals surface area (Å²) in [6.07, 6.45) is 5.13. The zero-order valence-corrected chi connectivity index (χ0v) is 11.8. The minimum absolute atomic E-state index is 0.0183. The second-order valence-corrected chi connectivity index (χ2v) is 6.20. The van der Waals surface area contributed by atoms with Crippen molar-refractivity contribution < 1.29 is 4.21 Å². The van der Waals surface area contributed by atoms with Gasteiger partial charge in [0.25, 0.3) is 0 Å². The van der Waals surface area contributed by atoms with E-state index in [0.29, 0.717) is 11.3 Å². The van der Waals surface area contributed by atoms with E-state index in [1.807, 2.05) is 23.6 Å². The van der Waals surface area contributed by atoms with Crippen LogP contribution >= 0.6 is 12.2 Å². The Balaban J connectivity index is 2.40. The largest absolute Gasteiger partial charge is 0.299 e. The van der Waals surface area contributed by atoms with Crippen LogP contribution in [-0.4, -0.2) is 35.5 Å². The van der Waals surface area contributed by atoms with E-state index in [4.69, 9.17) is 12.2 Å².